The number of nitrogens with zero attached hydrogens (tertiary/aromatic N) is 5. The Bertz CT molecular complexity index is 1710. The van der Waals surface area contributed by atoms with E-state index in [0.717, 1.165) is 26.7 Å². The van der Waals surface area contributed by atoms with Crippen molar-refractivity contribution in [2.75, 3.05) is 24.6 Å². The van der Waals surface area contributed by atoms with Gasteiger partial charge in [0.2, 0.25) is 0 Å². The molecule has 5 N–H and O–H groups in total. The van der Waals surface area contributed by atoms with Gasteiger partial charge in [0, 0.05) is 22.1 Å². The molecule has 11 nitrogen and oxygen atoms in total. The van der Waals surface area contributed by atoms with Crippen LogP contribution in [0.3, 0.4) is 0 Å². The summed E-state index contributed by atoms with van der Waals surface area (Å²) in [6, 6.07) is 7.32. The van der Waals surface area contributed by atoms with E-state index in [2.05, 4.69) is 48.9 Å². The number of anilines is 2. The minimum Gasteiger partial charge on any atom is -0.493 e. The third kappa shape index (κ3) is 4.62. The van der Waals surface area contributed by atoms with Crippen LogP contribution in [0.2, 0.25) is 0 Å². The lowest BCUT2D eigenvalue weighted by Crippen LogP contribution is -2.26. The highest BCUT2D eigenvalue weighted by molar-refractivity contribution is 14.1. The molecule has 202 valence electrons. The van der Waals surface area contributed by atoms with Crippen LogP contribution in [-0.4, -0.2) is 43.8 Å². The topological polar surface area (TPSA) is 160 Å². The molecule has 12 heteroatoms. The van der Waals surface area contributed by atoms with Crippen LogP contribution in [-0.2, 0) is 4.43 Å². The fraction of sp³-hybridized carbons (Fsp3) is 0.296. The van der Waals surface area contributed by atoms with Gasteiger partial charge in [-0.3, -0.25) is 4.79 Å². The first kappa shape index (κ1) is 26.7. The number of rotatable bonds is 8. The molecule has 5 aromatic rings. The summed E-state index contributed by atoms with van der Waals surface area (Å²) < 4.78 is 14.1. The number of alkyl halides is 1. The third-order valence-electron chi connectivity index (χ3n) is 6.69. The van der Waals surface area contributed by atoms with Gasteiger partial charge in [-0.05, 0) is 63.1 Å². The van der Waals surface area contributed by atoms with Crippen molar-refractivity contribution in [3.8, 4) is 17.0 Å². The van der Waals surface area contributed by atoms with Gasteiger partial charge in [0.15, 0.2) is 11.2 Å². The number of oxazole rings is 1. The molecular formula is C27H29IN8O3. The van der Waals surface area contributed by atoms with Gasteiger partial charge < -0.3 is 25.9 Å². The molecule has 3 aromatic heterocycles. The molecule has 0 fully saturated rings. The van der Waals surface area contributed by atoms with Crippen LogP contribution >= 0.6 is 22.6 Å². The Hall–Kier alpha value is -3.94. The monoisotopic (exact) mass is 640 g/mol. The maximum absolute atomic E-state index is 13.2. The Morgan fingerprint density at radius 2 is 2.03 bits per heavy atom. The zero-order chi connectivity index (χ0) is 27.8. The summed E-state index contributed by atoms with van der Waals surface area (Å²) in [5.41, 5.74) is 18.5. The van der Waals surface area contributed by atoms with Crippen molar-refractivity contribution >= 4 is 62.5 Å². The molecule has 0 saturated heterocycles. The second kappa shape index (κ2) is 10.7. The largest absolute Gasteiger partial charge is 0.493 e. The molecule has 0 aliphatic rings. The summed E-state index contributed by atoms with van der Waals surface area (Å²) in [4.78, 5) is 26.3. The van der Waals surface area contributed by atoms with E-state index in [0.29, 0.717) is 58.1 Å². The Kier molecular flexibility index (Phi) is 7.30. The second-order valence-electron chi connectivity index (χ2n) is 9.04. The fourth-order valence-corrected chi connectivity index (χ4v) is 5.59. The maximum Gasteiger partial charge on any atom is 0.292 e. The van der Waals surface area contributed by atoms with Crippen LogP contribution in [0.4, 0.5) is 11.8 Å². The summed E-state index contributed by atoms with van der Waals surface area (Å²) in [5.74, 6) is 0.670. The summed E-state index contributed by atoms with van der Waals surface area (Å²) >= 11 is 2.31. The number of hydrogen-bond donors (Lipinski definition) is 3. The molecule has 0 aliphatic heterocycles. The Morgan fingerprint density at radius 3 is 2.74 bits per heavy atom. The number of benzene rings is 2. The molecule has 1 amide bonds. The standard InChI is InChI=1S/C27H29IN8O3/c1-5-31-26(37)20-13(3)16(11-28)9-17(23(20)38-6-2)14(4)36-25-21(24(29)32-12-33-25)22(35-36)15-7-8-19-18(10-15)34-27(30)39-19/h7-10,12,14H,5-6,11H2,1-4H3,(H2,30,34)(H,31,37)(H2,29,32,33). The lowest BCUT2D eigenvalue weighted by molar-refractivity contribution is 0.0951. The highest BCUT2D eigenvalue weighted by Crippen LogP contribution is 2.39. The van der Waals surface area contributed by atoms with Gasteiger partial charge in [-0.25, -0.2) is 14.6 Å². The Balaban J connectivity index is 1.74. The maximum atomic E-state index is 13.2. The summed E-state index contributed by atoms with van der Waals surface area (Å²) in [5, 5.41) is 8.54. The van der Waals surface area contributed by atoms with Crippen LogP contribution in [0, 0.1) is 6.92 Å². The van der Waals surface area contributed by atoms with Gasteiger partial charge in [0.25, 0.3) is 11.9 Å². The van der Waals surface area contributed by atoms with Crippen molar-refractivity contribution in [1.29, 1.82) is 0 Å². The first-order chi connectivity index (χ1) is 18.8. The first-order valence-corrected chi connectivity index (χ1v) is 14.1. The predicted molar refractivity (Wildman–Crippen MR) is 159 cm³/mol. The number of carbonyl (C=O) groups is 1. The molecule has 1 atom stereocenters. The zero-order valence-corrected chi connectivity index (χ0v) is 24.2. The number of nitrogens with two attached hydrogens (primary N) is 2. The van der Waals surface area contributed by atoms with Crippen molar-refractivity contribution < 1.29 is 13.9 Å². The van der Waals surface area contributed by atoms with Crippen molar-refractivity contribution in [2.24, 2.45) is 0 Å². The molecule has 0 spiro atoms. The van der Waals surface area contributed by atoms with Crippen LogP contribution in [0.1, 0.15) is 53.9 Å². The van der Waals surface area contributed by atoms with Crippen LogP contribution in [0.25, 0.3) is 33.4 Å². The Labute approximate surface area is 238 Å². The van der Waals surface area contributed by atoms with Gasteiger partial charge >= 0.3 is 0 Å². The van der Waals surface area contributed by atoms with Crippen molar-refractivity contribution in [1.82, 2.24) is 30.0 Å². The first-order valence-electron chi connectivity index (χ1n) is 12.6. The Morgan fingerprint density at radius 1 is 1.23 bits per heavy atom. The van der Waals surface area contributed by atoms with Crippen molar-refractivity contribution in [3.05, 3.63) is 52.8 Å². The van der Waals surface area contributed by atoms with E-state index in [1.54, 1.807) is 10.7 Å². The smallest absolute Gasteiger partial charge is 0.292 e. The quantitative estimate of drug-likeness (QED) is 0.160. The second-order valence-corrected chi connectivity index (χ2v) is 9.80. The van der Waals surface area contributed by atoms with Gasteiger partial charge in [-0.2, -0.15) is 10.1 Å². The number of nitrogen functional groups attached to an aromatic ring is 2. The average molecular weight is 640 g/mol. The van der Waals surface area contributed by atoms with Crippen LogP contribution < -0.4 is 21.5 Å². The number of fused-ring (bicyclic) bond motifs is 2. The fourth-order valence-electron chi connectivity index (χ4n) is 4.80. The normalized spacial score (nSPS) is 12.2. The SMILES string of the molecule is CCNC(=O)c1c(C)c(CI)cc(C(C)n2nc(-c3ccc4oc(N)nc4c3)c3c(N)ncnc32)c1OCC. The van der Waals surface area contributed by atoms with Gasteiger partial charge in [-0.15, -0.1) is 0 Å². The molecule has 2 aromatic carbocycles. The minimum absolute atomic E-state index is 0.0887. The number of ether oxygens (including phenoxy) is 1. The van der Waals surface area contributed by atoms with Gasteiger partial charge in [0.1, 0.15) is 29.1 Å². The average Bonchev–Trinajstić information content (AvgIpc) is 3.49. The van der Waals surface area contributed by atoms with E-state index in [4.69, 9.17) is 25.7 Å². The molecule has 5 rings (SSSR count). The zero-order valence-electron chi connectivity index (χ0n) is 22.1. The third-order valence-corrected chi connectivity index (χ3v) is 7.51. The lowest BCUT2D eigenvalue weighted by Gasteiger charge is -2.23. The number of carbonyl (C=O) groups excluding carboxylic acids is 1. The molecule has 1 unspecified atom stereocenters. The van der Waals surface area contributed by atoms with Gasteiger partial charge in [-0.1, -0.05) is 22.6 Å². The van der Waals surface area contributed by atoms with Crippen molar-refractivity contribution in [3.63, 3.8) is 0 Å². The summed E-state index contributed by atoms with van der Waals surface area (Å²) in [6.07, 6.45) is 1.42. The van der Waals surface area contributed by atoms with E-state index >= 15 is 0 Å². The molecule has 0 bridgehead atoms. The predicted octanol–water partition coefficient (Wildman–Crippen LogP) is 4.80. The van der Waals surface area contributed by atoms with E-state index in [-0.39, 0.29) is 18.0 Å². The van der Waals surface area contributed by atoms with E-state index in [1.807, 2.05) is 39.8 Å². The molecule has 39 heavy (non-hydrogen) atoms. The molecule has 0 aliphatic carbocycles. The number of amides is 1. The van der Waals surface area contributed by atoms with E-state index in [9.17, 15) is 4.79 Å². The number of hydrogen-bond acceptors (Lipinski definition) is 9. The number of nitrogens with one attached hydrogen (secondary N) is 1. The summed E-state index contributed by atoms with van der Waals surface area (Å²) in [6.45, 7) is 8.66. The molecular weight excluding hydrogens is 611 g/mol. The van der Waals surface area contributed by atoms with Crippen LogP contribution in [0.15, 0.2) is 35.0 Å². The molecule has 0 saturated carbocycles. The summed E-state index contributed by atoms with van der Waals surface area (Å²) in [7, 11) is 0. The van der Waals surface area contributed by atoms with Gasteiger partial charge in [0.05, 0.1) is 23.6 Å². The van der Waals surface area contributed by atoms with Crippen molar-refractivity contribution in [2.45, 2.75) is 38.2 Å². The highest BCUT2D eigenvalue weighted by Gasteiger charge is 2.28. The number of halogens is 1. The van der Waals surface area contributed by atoms with Crippen LogP contribution in [0.5, 0.6) is 5.75 Å². The minimum atomic E-state index is -0.362. The lowest BCUT2D eigenvalue weighted by atomic mass is 9.94. The van der Waals surface area contributed by atoms with E-state index in [1.165, 1.54) is 6.33 Å². The number of aromatic nitrogens is 5. The van der Waals surface area contributed by atoms with E-state index < -0.39 is 0 Å². The molecule has 3 heterocycles. The highest BCUT2D eigenvalue weighted by atomic mass is 127. The molecule has 0 radical (unpaired) electrons.